The van der Waals surface area contributed by atoms with E-state index < -0.39 is 27.0 Å². The van der Waals surface area contributed by atoms with Crippen LogP contribution >= 0.6 is 28.3 Å². The highest BCUT2D eigenvalue weighted by molar-refractivity contribution is 9.10. The van der Waals surface area contributed by atoms with E-state index in [-0.39, 0.29) is 24.7 Å². The summed E-state index contributed by atoms with van der Waals surface area (Å²) in [6.07, 6.45) is 1.43. The Labute approximate surface area is 152 Å². The first-order chi connectivity index (χ1) is 10.2. The van der Waals surface area contributed by atoms with Gasteiger partial charge in [-0.3, -0.25) is 4.79 Å². The lowest BCUT2D eigenvalue weighted by Crippen LogP contribution is -2.50. The van der Waals surface area contributed by atoms with Crippen LogP contribution in [0.4, 0.5) is 0 Å². The number of carbonyl (C=O) groups excluding carboxylic acids is 1. The van der Waals surface area contributed by atoms with Gasteiger partial charge in [0.05, 0.1) is 5.75 Å². The minimum Gasteiger partial charge on any atom is -0.353 e. The summed E-state index contributed by atoms with van der Waals surface area (Å²) in [6.45, 7) is 4.17. The Morgan fingerprint density at radius 3 is 2.43 bits per heavy atom. The number of nitrogens with two attached hydrogens (primary N) is 1. The average molecular weight is 428 g/mol. The zero-order valence-corrected chi connectivity index (χ0v) is 16.6. The molecule has 0 saturated heterocycles. The van der Waals surface area contributed by atoms with E-state index in [4.69, 9.17) is 5.73 Å². The molecule has 1 amide bonds. The number of nitrogens with one attached hydrogen (secondary N) is 1. The lowest BCUT2D eigenvalue weighted by atomic mass is 9.94. The fourth-order valence-electron chi connectivity index (χ4n) is 1.96. The van der Waals surface area contributed by atoms with Gasteiger partial charge < -0.3 is 11.1 Å². The van der Waals surface area contributed by atoms with E-state index in [0.717, 1.165) is 4.47 Å². The summed E-state index contributed by atoms with van der Waals surface area (Å²) in [6, 6.07) is 7.03. The maximum Gasteiger partial charge on any atom is 0.235 e. The van der Waals surface area contributed by atoms with Crippen LogP contribution in [0, 0.1) is 0 Å². The Bertz CT molecular complexity index is 619. The highest BCUT2D eigenvalue weighted by atomic mass is 79.9. The van der Waals surface area contributed by atoms with Crippen molar-refractivity contribution >= 4 is 44.1 Å². The molecule has 8 heteroatoms. The predicted molar refractivity (Wildman–Crippen MR) is 99.4 cm³/mol. The van der Waals surface area contributed by atoms with Crippen LogP contribution in [0.15, 0.2) is 28.7 Å². The monoisotopic (exact) mass is 426 g/mol. The molecule has 1 rings (SSSR count). The second-order valence-electron chi connectivity index (χ2n) is 5.51. The maximum absolute atomic E-state index is 12.1. The molecule has 0 atom stereocenters. The molecule has 3 N–H and O–H groups in total. The molecule has 0 aromatic heterocycles. The Hall–Kier alpha value is -0.630. The Balaban J connectivity index is 0.00000484. The van der Waals surface area contributed by atoms with E-state index in [0.29, 0.717) is 18.4 Å². The normalized spacial score (nSPS) is 11.7. The van der Waals surface area contributed by atoms with Crippen molar-refractivity contribution in [3.8, 4) is 0 Å². The van der Waals surface area contributed by atoms with Gasteiger partial charge in [-0.15, -0.1) is 12.4 Å². The van der Waals surface area contributed by atoms with Gasteiger partial charge in [-0.05, 0) is 30.5 Å². The fraction of sp³-hybridized carbons (Fsp3) is 0.533. The highest BCUT2D eigenvalue weighted by Crippen LogP contribution is 2.14. The standard InChI is InChI=1S/C15H23BrN2O3S.ClH/c1-3-15(17,4-2)11-18-14(19)10-22(20,21)9-12-6-5-7-13(16)8-12;/h5-8H,3-4,9-11,17H2,1-2H3,(H,18,19);1H. The quantitative estimate of drug-likeness (QED) is 0.667. The molecule has 132 valence electrons. The van der Waals surface area contributed by atoms with Gasteiger partial charge in [0.2, 0.25) is 5.91 Å². The van der Waals surface area contributed by atoms with Crippen LogP contribution in [0.3, 0.4) is 0 Å². The van der Waals surface area contributed by atoms with Crippen molar-refractivity contribution in [2.75, 3.05) is 12.3 Å². The van der Waals surface area contributed by atoms with E-state index in [1.807, 2.05) is 19.9 Å². The second kappa shape index (κ2) is 9.61. The summed E-state index contributed by atoms with van der Waals surface area (Å²) >= 11 is 3.30. The van der Waals surface area contributed by atoms with Gasteiger partial charge in [-0.1, -0.05) is 41.9 Å². The highest BCUT2D eigenvalue weighted by Gasteiger charge is 2.23. The van der Waals surface area contributed by atoms with Crippen LogP contribution in [0.2, 0.25) is 0 Å². The summed E-state index contributed by atoms with van der Waals surface area (Å²) < 4.78 is 25.0. The number of hydrogen-bond donors (Lipinski definition) is 2. The molecule has 0 fully saturated rings. The van der Waals surface area contributed by atoms with Crippen LogP contribution < -0.4 is 11.1 Å². The molecular weight excluding hydrogens is 404 g/mol. The number of hydrogen-bond acceptors (Lipinski definition) is 4. The number of rotatable bonds is 8. The first-order valence-electron chi connectivity index (χ1n) is 7.20. The zero-order valence-electron chi connectivity index (χ0n) is 13.3. The number of benzene rings is 1. The first kappa shape index (κ1) is 22.4. The molecule has 0 unspecified atom stereocenters. The van der Waals surface area contributed by atoms with E-state index in [1.165, 1.54) is 0 Å². The van der Waals surface area contributed by atoms with Gasteiger partial charge in [-0.25, -0.2) is 8.42 Å². The van der Waals surface area contributed by atoms with Gasteiger partial charge in [0.15, 0.2) is 9.84 Å². The van der Waals surface area contributed by atoms with E-state index >= 15 is 0 Å². The topological polar surface area (TPSA) is 89.3 Å². The van der Waals surface area contributed by atoms with Crippen LogP contribution in [-0.4, -0.2) is 32.2 Å². The molecule has 1 aromatic carbocycles. The number of sulfone groups is 1. The van der Waals surface area contributed by atoms with Gasteiger partial charge in [-0.2, -0.15) is 0 Å². The summed E-state index contributed by atoms with van der Waals surface area (Å²) in [5.74, 6) is -1.19. The first-order valence-corrected chi connectivity index (χ1v) is 9.81. The maximum atomic E-state index is 12.1. The van der Waals surface area contributed by atoms with E-state index in [9.17, 15) is 13.2 Å². The lowest BCUT2D eigenvalue weighted by molar-refractivity contribution is -0.118. The third kappa shape index (κ3) is 8.15. The largest absolute Gasteiger partial charge is 0.353 e. The molecule has 0 radical (unpaired) electrons. The lowest BCUT2D eigenvalue weighted by Gasteiger charge is -2.26. The van der Waals surface area contributed by atoms with Gasteiger partial charge >= 0.3 is 0 Å². The molecule has 0 aliphatic rings. The summed E-state index contributed by atoms with van der Waals surface area (Å²) in [4.78, 5) is 11.8. The van der Waals surface area contributed by atoms with Crippen molar-refractivity contribution in [3.05, 3.63) is 34.3 Å². The summed E-state index contributed by atoms with van der Waals surface area (Å²) in [5.41, 5.74) is 6.25. The molecular formula is C15H24BrClN2O3S. The Morgan fingerprint density at radius 2 is 1.91 bits per heavy atom. The molecule has 1 aromatic rings. The molecule has 5 nitrogen and oxygen atoms in total. The molecule has 0 aliphatic carbocycles. The summed E-state index contributed by atoms with van der Waals surface area (Å²) in [7, 11) is -3.51. The molecule has 23 heavy (non-hydrogen) atoms. The van der Waals surface area contributed by atoms with Crippen molar-refractivity contribution in [1.82, 2.24) is 5.32 Å². The number of amides is 1. The van der Waals surface area contributed by atoms with E-state index in [1.54, 1.807) is 18.2 Å². The number of carbonyl (C=O) groups is 1. The second-order valence-corrected chi connectivity index (χ2v) is 8.49. The van der Waals surface area contributed by atoms with Crippen LogP contribution in [0.5, 0.6) is 0 Å². The third-order valence-electron chi connectivity index (χ3n) is 3.67. The average Bonchev–Trinajstić information content (AvgIpc) is 2.43. The zero-order chi connectivity index (χ0) is 16.8. The molecule has 0 spiro atoms. The Morgan fingerprint density at radius 1 is 1.30 bits per heavy atom. The molecule has 0 bridgehead atoms. The third-order valence-corrected chi connectivity index (χ3v) is 5.64. The SMILES string of the molecule is CCC(N)(CC)CNC(=O)CS(=O)(=O)Cc1cccc(Br)c1.Cl. The summed E-state index contributed by atoms with van der Waals surface area (Å²) in [5, 5.41) is 2.63. The molecule has 0 saturated carbocycles. The smallest absolute Gasteiger partial charge is 0.235 e. The van der Waals surface area contributed by atoms with Gasteiger partial charge in [0.1, 0.15) is 5.75 Å². The van der Waals surface area contributed by atoms with Crippen molar-refractivity contribution in [2.24, 2.45) is 5.73 Å². The van der Waals surface area contributed by atoms with Gasteiger partial charge in [0, 0.05) is 16.6 Å². The van der Waals surface area contributed by atoms with E-state index in [2.05, 4.69) is 21.2 Å². The van der Waals surface area contributed by atoms with Crippen LogP contribution in [0.25, 0.3) is 0 Å². The number of halogens is 2. The fourth-order valence-corrected chi connectivity index (χ4v) is 3.69. The minimum absolute atomic E-state index is 0. The van der Waals surface area contributed by atoms with Crippen LogP contribution in [-0.2, 0) is 20.4 Å². The molecule has 0 heterocycles. The van der Waals surface area contributed by atoms with Crippen molar-refractivity contribution in [1.29, 1.82) is 0 Å². The minimum atomic E-state index is -3.51. The van der Waals surface area contributed by atoms with Crippen molar-refractivity contribution < 1.29 is 13.2 Å². The van der Waals surface area contributed by atoms with Crippen LogP contribution in [0.1, 0.15) is 32.3 Å². The predicted octanol–water partition coefficient (Wildman–Crippen LogP) is 2.42. The van der Waals surface area contributed by atoms with Crippen molar-refractivity contribution in [3.63, 3.8) is 0 Å². The molecule has 0 aliphatic heterocycles. The van der Waals surface area contributed by atoms with Crippen molar-refractivity contribution in [2.45, 2.75) is 38.0 Å². The van der Waals surface area contributed by atoms with Gasteiger partial charge in [0.25, 0.3) is 0 Å². The Kier molecular flexibility index (Phi) is 9.35.